The molecule has 0 saturated heterocycles. The van der Waals surface area contributed by atoms with E-state index in [0.717, 1.165) is 10.9 Å². The van der Waals surface area contributed by atoms with Crippen LogP contribution in [0.15, 0.2) is 55.0 Å². The maximum atomic E-state index is 13.7. The first kappa shape index (κ1) is 18.1. The highest BCUT2D eigenvalue weighted by atomic mass is 19.3. The fraction of sp³-hybridized carbons (Fsp3) is 0.250. The number of benzene rings is 1. The van der Waals surface area contributed by atoms with Gasteiger partial charge < -0.3 is 4.90 Å². The molecule has 1 atom stereocenters. The summed E-state index contributed by atoms with van der Waals surface area (Å²) in [6.07, 6.45) is 2.65. The minimum Gasteiger partial charge on any atom is -0.359 e. The summed E-state index contributed by atoms with van der Waals surface area (Å²) < 4.78 is 28.4. The topological polar surface area (TPSA) is 53.7 Å². The average molecular weight is 383 g/mol. The number of hydrogen-bond donors (Lipinski definition) is 0. The van der Waals surface area contributed by atoms with Crippen LogP contribution in [0.25, 0.3) is 16.9 Å². The molecule has 0 bridgehead atoms. The molecule has 0 N–H and O–H groups in total. The van der Waals surface area contributed by atoms with Gasteiger partial charge in [-0.1, -0.05) is 37.3 Å². The number of nitrogens with zero attached hydrogens (tertiary/aromatic N) is 5. The molecule has 1 aromatic carbocycles. The number of aromatic nitrogens is 3. The minimum absolute atomic E-state index is 0.124. The van der Waals surface area contributed by atoms with Crippen LogP contribution < -0.4 is 0 Å². The molecule has 6 nitrogen and oxygen atoms in total. The van der Waals surface area contributed by atoms with Gasteiger partial charge in [0.1, 0.15) is 17.4 Å². The zero-order valence-corrected chi connectivity index (χ0v) is 15.5. The van der Waals surface area contributed by atoms with E-state index in [-0.39, 0.29) is 29.0 Å². The van der Waals surface area contributed by atoms with Crippen molar-refractivity contribution < 1.29 is 13.6 Å². The maximum Gasteiger partial charge on any atom is 0.280 e. The van der Waals surface area contributed by atoms with Gasteiger partial charge in [-0.25, -0.2) is 18.3 Å². The quantitative estimate of drug-likeness (QED) is 0.685. The number of carbonyl (C=O) groups is 1. The van der Waals surface area contributed by atoms with Gasteiger partial charge in [0.15, 0.2) is 5.65 Å². The Balaban J connectivity index is 1.85. The average Bonchev–Trinajstić information content (AvgIpc) is 3.30. The second-order valence-electron chi connectivity index (χ2n) is 6.59. The lowest BCUT2D eigenvalue weighted by Gasteiger charge is -2.27. The summed E-state index contributed by atoms with van der Waals surface area (Å²) in [4.78, 5) is 21.1. The third-order valence-electron chi connectivity index (χ3n) is 4.88. The predicted molar refractivity (Wildman–Crippen MR) is 101 cm³/mol. The first-order chi connectivity index (χ1) is 13.5. The first-order valence-corrected chi connectivity index (χ1v) is 8.96. The summed E-state index contributed by atoms with van der Waals surface area (Å²) >= 11 is 0. The molecule has 0 fully saturated rings. The van der Waals surface area contributed by atoms with Crippen LogP contribution in [-0.4, -0.2) is 43.5 Å². The molecule has 0 saturated carbocycles. The maximum absolute atomic E-state index is 13.7. The molecule has 1 amide bonds. The highest BCUT2D eigenvalue weighted by Gasteiger charge is 2.31. The summed E-state index contributed by atoms with van der Waals surface area (Å²) in [6, 6.07) is 10.3. The van der Waals surface area contributed by atoms with Crippen LogP contribution in [0.1, 0.15) is 35.8 Å². The molecule has 3 aromatic rings. The number of rotatable bonds is 4. The van der Waals surface area contributed by atoms with Gasteiger partial charge in [-0.3, -0.25) is 9.69 Å². The zero-order chi connectivity index (χ0) is 19.8. The lowest BCUT2D eigenvalue weighted by Crippen LogP contribution is -2.39. The van der Waals surface area contributed by atoms with Crippen molar-refractivity contribution in [3.8, 4) is 11.3 Å². The van der Waals surface area contributed by atoms with Crippen molar-refractivity contribution in [1.29, 1.82) is 0 Å². The van der Waals surface area contributed by atoms with Crippen molar-refractivity contribution >= 4 is 11.6 Å². The normalized spacial score (nSPS) is 16.5. The molecule has 4 rings (SSSR count). The van der Waals surface area contributed by atoms with Crippen molar-refractivity contribution in [2.24, 2.45) is 0 Å². The second-order valence-corrected chi connectivity index (χ2v) is 6.59. The number of halogens is 2. The van der Waals surface area contributed by atoms with Gasteiger partial charge in [0.2, 0.25) is 0 Å². The second kappa shape index (κ2) is 7.03. The van der Waals surface area contributed by atoms with E-state index in [9.17, 15) is 13.6 Å². The van der Waals surface area contributed by atoms with Crippen LogP contribution in [-0.2, 0) is 0 Å². The minimum atomic E-state index is -2.75. The predicted octanol–water partition coefficient (Wildman–Crippen LogP) is 3.93. The Morgan fingerprint density at radius 2 is 1.96 bits per heavy atom. The van der Waals surface area contributed by atoms with E-state index >= 15 is 0 Å². The third-order valence-corrected chi connectivity index (χ3v) is 4.88. The molecule has 144 valence electrons. The van der Waals surface area contributed by atoms with Crippen LogP contribution in [0.4, 0.5) is 8.78 Å². The molecule has 0 aliphatic carbocycles. The molecular formula is C20H19F2N5O. The number of fused-ring (bicyclic) bond motifs is 1. The number of amides is 1. The summed E-state index contributed by atoms with van der Waals surface area (Å²) in [5.41, 5.74) is 1.08. The standard InChI is InChI=1S/C20H19F2N5O/c1-3-17-25(2)9-10-26(17)20(28)14-12-23-27-16(18(21)22)11-15(24-19(14)27)13-7-5-4-6-8-13/h4-12,17-18H,3H2,1-2H3. The van der Waals surface area contributed by atoms with Crippen molar-refractivity contribution in [1.82, 2.24) is 24.4 Å². The van der Waals surface area contributed by atoms with Gasteiger partial charge in [0.25, 0.3) is 12.3 Å². The molecule has 3 heterocycles. The fourth-order valence-corrected chi connectivity index (χ4v) is 3.45. The van der Waals surface area contributed by atoms with E-state index in [1.54, 1.807) is 23.2 Å². The van der Waals surface area contributed by atoms with E-state index in [0.29, 0.717) is 11.3 Å². The van der Waals surface area contributed by atoms with Crippen LogP contribution in [0.3, 0.4) is 0 Å². The van der Waals surface area contributed by atoms with Crippen LogP contribution in [0.5, 0.6) is 0 Å². The molecule has 1 aliphatic heterocycles. The third kappa shape index (κ3) is 2.90. The van der Waals surface area contributed by atoms with Gasteiger partial charge >= 0.3 is 0 Å². The Morgan fingerprint density at radius 1 is 1.21 bits per heavy atom. The van der Waals surface area contributed by atoms with Crippen LogP contribution in [0.2, 0.25) is 0 Å². The SMILES string of the molecule is CCC1N(C)C=CN1C(=O)c1cnn2c(C(F)F)cc(-c3ccccc3)nc12. The lowest BCUT2D eigenvalue weighted by atomic mass is 10.1. The van der Waals surface area contributed by atoms with Crippen LogP contribution >= 0.6 is 0 Å². The fourth-order valence-electron chi connectivity index (χ4n) is 3.45. The van der Waals surface area contributed by atoms with E-state index in [1.165, 1.54) is 12.3 Å². The van der Waals surface area contributed by atoms with E-state index in [1.807, 2.05) is 43.3 Å². The number of hydrogen-bond acceptors (Lipinski definition) is 4. The van der Waals surface area contributed by atoms with Gasteiger partial charge in [-0.05, 0) is 12.5 Å². The highest BCUT2D eigenvalue weighted by molar-refractivity contribution is 6.00. The van der Waals surface area contributed by atoms with Gasteiger partial charge in [-0.2, -0.15) is 5.10 Å². The summed E-state index contributed by atoms with van der Waals surface area (Å²) in [5, 5.41) is 4.03. The van der Waals surface area contributed by atoms with E-state index < -0.39 is 6.43 Å². The number of alkyl halides is 2. The molecule has 2 aromatic heterocycles. The van der Waals surface area contributed by atoms with Crippen molar-refractivity contribution in [3.05, 3.63) is 66.3 Å². The summed E-state index contributed by atoms with van der Waals surface area (Å²) in [5.74, 6) is -0.319. The van der Waals surface area contributed by atoms with E-state index in [4.69, 9.17) is 0 Å². The number of carbonyl (C=O) groups excluding carboxylic acids is 1. The Bertz CT molecular complexity index is 1050. The van der Waals surface area contributed by atoms with Gasteiger partial charge in [-0.15, -0.1) is 0 Å². The molecule has 8 heteroatoms. The monoisotopic (exact) mass is 383 g/mol. The summed E-state index contributed by atoms with van der Waals surface area (Å²) in [7, 11) is 1.88. The highest BCUT2D eigenvalue weighted by Crippen LogP contribution is 2.28. The Hall–Kier alpha value is -3.29. The molecule has 1 aliphatic rings. The Kier molecular flexibility index (Phi) is 4.54. The van der Waals surface area contributed by atoms with E-state index in [2.05, 4.69) is 10.1 Å². The van der Waals surface area contributed by atoms with Crippen LogP contribution in [0, 0.1) is 0 Å². The molecule has 1 unspecified atom stereocenters. The first-order valence-electron chi connectivity index (χ1n) is 8.96. The van der Waals surface area contributed by atoms with Gasteiger partial charge in [0, 0.05) is 25.0 Å². The van der Waals surface area contributed by atoms with Crippen molar-refractivity contribution in [2.75, 3.05) is 7.05 Å². The summed E-state index contributed by atoms with van der Waals surface area (Å²) in [6.45, 7) is 1.98. The zero-order valence-electron chi connectivity index (χ0n) is 15.5. The van der Waals surface area contributed by atoms with Crippen molar-refractivity contribution in [3.63, 3.8) is 0 Å². The molecule has 28 heavy (non-hydrogen) atoms. The van der Waals surface area contributed by atoms with Crippen molar-refractivity contribution in [2.45, 2.75) is 25.9 Å². The molecule has 0 spiro atoms. The lowest BCUT2D eigenvalue weighted by molar-refractivity contribution is 0.0696. The molecule has 0 radical (unpaired) electrons. The molecular weight excluding hydrogens is 364 g/mol. The smallest absolute Gasteiger partial charge is 0.280 e. The Morgan fingerprint density at radius 3 is 2.64 bits per heavy atom. The van der Waals surface area contributed by atoms with Gasteiger partial charge in [0.05, 0.1) is 11.9 Å². The largest absolute Gasteiger partial charge is 0.359 e. The Labute approximate surface area is 160 Å².